The fraction of sp³-hybridized carbons (Fsp3) is 0.802. The van der Waals surface area contributed by atoms with Crippen molar-refractivity contribution in [2.75, 3.05) is 173 Å². The summed E-state index contributed by atoms with van der Waals surface area (Å²) in [6.45, 7) is 51.6. The molecule has 3 aromatic rings. The first-order valence-corrected chi connectivity index (χ1v) is 43.1. The van der Waals surface area contributed by atoms with E-state index in [-0.39, 0.29) is 7.43 Å². The van der Waals surface area contributed by atoms with E-state index in [2.05, 4.69) is 170 Å². The highest BCUT2D eigenvalue weighted by Crippen LogP contribution is 2.29. The molecule has 8 bridgehead atoms. The van der Waals surface area contributed by atoms with Crippen LogP contribution in [0.1, 0.15) is 302 Å². The van der Waals surface area contributed by atoms with Crippen LogP contribution in [0.3, 0.4) is 0 Å². The van der Waals surface area contributed by atoms with Crippen LogP contribution >= 0.6 is 0 Å². The van der Waals surface area contributed by atoms with Gasteiger partial charge in [-0.1, -0.05) is 238 Å². The van der Waals surface area contributed by atoms with Gasteiger partial charge in [0, 0.05) is 33.4 Å². The minimum atomic E-state index is 0. The van der Waals surface area contributed by atoms with Crippen molar-refractivity contribution in [1.82, 2.24) is 0 Å². The van der Waals surface area contributed by atoms with Gasteiger partial charge in [0.25, 0.3) is 0 Å². The molecule has 6 unspecified atom stereocenters. The van der Waals surface area contributed by atoms with Crippen molar-refractivity contribution in [3.63, 3.8) is 0 Å². The van der Waals surface area contributed by atoms with E-state index in [0.717, 1.165) is 66.2 Å². The monoisotopic (exact) mass is 1380 g/mol. The Morgan fingerprint density at radius 2 is 0.313 bits per heavy atom. The van der Waals surface area contributed by atoms with Crippen molar-refractivity contribution in [3.8, 4) is 0 Å². The van der Waals surface area contributed by atoms with Crippen LogP contribution in [-0.4, -0.2) is 209 Å². The fourth-order valence-electron chi connectivity index (χ4n) is 17.8. The van der Waals surface area contributed by atoms with Gasteiger partial charge in [-0.05, 0) is 103 Å². The molecular weight excluding hydrogens is 1210 g/mol. The van der Waals surface area contributed by atoms with Crippen LogP contribution in [0.4, 0.5) is 0 Å². The molecule has 0 aliphatic carbocycles. The smallest absolute Gasteiger partial charge is 0.129 e. The first-order valence-electron chi connectivity index (χ1n) is 43.1. The van der Waals surface area contributed by atoms with Crippen LogP contribution in [0.25, 0.3) is 0 Å². The molecule has 0 saturated carbocycles. The van der Waals surface area contributed by atoms with E-state index in [9.17, 15) is 0 Å². The maximum absolute atomic E-state index is 2.71. The minimum Gasteiger partial charge on any atom is -0.318 e. The highest BCUT2D eigenvalue weighted by atomic mass is 15.5. The summed E-state index contributed by atoms with van der Waals surface area (Å²) in [5.74, 6) is 0. The van der Waals surface area contributed by atoms with Gasteiger partial charge in [-0.25, -0.2) is 0 Å². The molecule has 0 N–H and O–H groups in total. The number of benzene rings is 3. The Balaban J connectivity index is 0.0000208. The maximum Gasteiger partial charge on any atom is 0.129 e. The molecule has 12 heterocycles. The largest absolute Gasteiger partial charge is 0.318 e. The lowest BCUT2D eigenvalue weighted by atomic mass is 10.1. The van der Waals surface area contributed by atoms with Crippen LogP contribution in [0.2, 0.25) is 0 Å². The second kappa shape index (κ2) is 47.7. The molecule has 0 spiro atoms. The molecule has 8 nitrogen and oxygen atoms in total. The summed E-state index contributed by atoms with van der Waals surface area (Å²) in [6.07, 6.45) is 42.7. The molecule has 0 saturated heterocycles. The lowest BCUT2D eigenvalue weighted by Crippen LogP contribution is -2.63. The zero-order chi connectivity index (χ0) is 71.0. The Hall–Kier alpha value is -2.66. The Kier molecular flexibility index (Phi) is 42.8. The Labute approximate surface area is 619 Å². The quantitative estimate of drug-likeness (QED) is 0.0393. The van der Waals surface area contributed by atoms with Crippen LogP contribution < -0.4 is 0 Å². The molecule has 0 amide bonds. The van der Waals surface area contributed by atoms with Gasteiger partial charge in [0.15, 0.2) is 0 Å². The van der Waals surface area contributed by atoms with Gasteiger partial charge in [0.1, 0.15) is 118 Å². The molecule has 15 rings (SSSR count). The number of hydrogen-bond acceptors (Lipinski definition) is 0. The number of quaternary nitrogens is 8. The number of rotatable bonds is 40. The second-order valence-corrected chi connectivity index (χ2v) is 35.8. The summed E-state index contributed by atoms with van der Waals surface area (Å²) >= 11 is 0. The Morgan fingerprint density at radius 3 is 0.444 bits per heavy atom. The molecule has 6 atom stereocenters. The molecule has 8 heteroatoms. The van der Waals surface area contributed by atoms with E-state index < -0.39 is 0 Å². The van der Waals surface area contributed by atoms with Crippen LogP contribution in [0.15, 0.2) is 72.8 Å². The topological polar surface area (TPSA) is 0 Å². The minimum absolute atomic E-state index is 0. The number of hydrogen-bond donors (Lipinski definition) is 0. The molecule has 99 heavy (non-hydrogen) atoms. The predicted octanol–water partition coefficient (Wildman–Crippen LogP) is 21.7. The molecule has 12 aliphatic heterocycles. The third-order valence-corrected chi connectivity index (χ3v) is 25.4. The SMILES string of the molecule is C.CCCCCC[N+]1(C)CC[N+]2(CCCCCC)CC[N+](C)(CCCCCC)Cc3ccc(cc3)C[N+](C)(CCCCCC)CC[N+](CCCCCC)(CC[N+](C)(CCCCCC)Cc3ccc(cc3)C1)CC[N+](C)(CCCCCC)Cc1ccc(cc1)C[N+](C)(CCCCCC)CC2. The predicted molar refractivity (Wildman–Crippen MR) is 436 cm³/mol. The molecule has 0 fully saturated rings. The molecular formula is C91H174N8+8. The molecule has 12 aliphatic rings. The van der Waals surface area contributed by atoms with Crippen LogP contribution in [0.5, 0.6) is 0 Å². The van der Waals surface area contributed by atoms with Gasteiger partial charge >= 0.3 is 0 Å². The van der Waals surface area contributed by atoms with E-state index in [1.165, 1.54) is 345 Å². The maximum atomic E-state index is 2.71. The second-order valence-electron chi connectivity index (χ2n) is 35.8. The highest BCUT2D eigenvalue weighted by Gasteiger charge is 2.41. The number of unbranched alkanes of at least 4 members (excludes halogenated alkanes) is 24. The average molecular weight is 1380 g/mol. The Bertz CT molecular complexity index is 2060. The number of nitrogens with zero attached hydrogens (tertiary/aromatic N) is 8. The summed E-state index contributed by atoms with van der Waals surface area (Å²) in [4.78, 5) is 0. The van der Waals surface area contributed by atoms with E-state index >= 15 is 0 Å². The van der Waals surface area contributed by atoms with Gasteiger partial charge in [0.2, 0.25) is 0 Å². The summed E-state index contributed by atoms with van der Waals surface area (Å²) in [6, 6.07) is 31.6. The van der Waals surface area contributed by atoms with E-state index in [1.54, 1.807) is 33.4 Å². The molecule has 570 valence electrons. The Morgan fingerprint density at radius 1 is 0.182 bits per heavy atom. The van der Waals surface area contributed by atoms with Gasteiger partial charge in [-0.2, -0.15) is 0 Å². The van der Waals surface area contributed by atoms with Gasteiger partial charge in [-0.15, -0.1) is 0 Å². The molecule has 0 radical (unpaired) electrons. The lowest BCUT2D eigenvalue weighted by molar-refractivity contribution is -1.02. The van der Waals surface area contributed by atoms with E-state index in [1.807, 2.05) is 0 Å². The van der Waals surface area contributed by atoms with Gasteiger partial charge in [0.05, 0.1) is 94.6 Å². The summed E-state index contributed by atoms with van der Waals surface area (Å²) in [7, 11) is 16.3. The van der Waals surface area contributed by atoms with Crippen molar-refractivity contribution in [2.45, 2.75) is 308 Å². The van der Waals surface area contributed by atoms with E-state index in [0.29, 0.717) is 0 Å². The standard InChI is InChI=1S/C90H170N8.CH4/c1-15-23-31-39-59-91(9)67-73-97(65-45-37-29-21-7)74-68-92(10,60-40-32-24-16-2)81-87-51-55-89(56-52-87)83-95(13,63-43-35-27-19-5)71-77-98(66-46-38-30-22-8,76-70-94(12,62-42-34-26-18-4)80-86-49-47-85(79-91)48-50-86)78-72-96(14,64-44-36-28-20-6)84-90-57-53-88(54-58-90)82-93(11,69-75-97)61-41-33-25-17-3;/h47-58H,15-46,59-84H2,1-14H3;1H4/q+8;. The van der Waals surface area contributed by atoms with Gasteiger partial charge < -0.3 is 35.9 Å². The summed E-state index contributed by atoms with van der Waals surface area (Å²) < 4.78 is 9.45. The third-order valence-electron chi connectivity index (χ3n) is 25.4. The third kappa shape index (κ3) is 34.4. The van der Waals surface area contributed by atoms with Crippen molar-refractivity contribution >= 4 is 0 Å². The first kappa shape index (κ1) is 88.7. The van der Waals surface area contributed by atoms with Crippen molar-refractivity contribution in [1.29, 1.82) is 0 Å². The van der Waals surface area contributed by atoms with Crippen LogP contribution in [-0.2, 0) is 39.3 Å². The van der Waals surface area contributed by atoms with Crippen molar-refractivity contribution in [2.24, 2.45) is 0 Å². The normalized spacial score (nSPS) is 27.2. The number of likely N-dealkylation sites (N-methyl/N-ethyl adjacent to an activating group) is 6. The zero-order valence-electron chi connectivity index (χ0n) is 68.5. The first-order chi connectivity index (χ1) is 47.2. The summed E-state index contributed by atoms with van der Waals surface area (Å²) in [5.41, 5.74) is 9.37. The highest BCUT2D eigenvalue weighted by molar-refractivity contribution is 5.23. The van der Waals surface area contributed by atoms with Crippen LogP contribution in [0, 0.1) is 0 Å². The van der Waals surface area contributed by atoms with Crippen molar-refractivity contribution in [3.05, 3.63) is 106 Å². The lowest BCUT2D eigenvalue weighted by Gasteiger charge is -2.46. The van der Waals surface area contributed by atoms with Gasteiger partial charge in [-0.3, -0.25) is 0 Å². The zero-order valence-corrected chi connectivity index (χ0v) is 68.5. The van der Waals surface area contributed by atoms with Crippen molar-refractivity contribution < 1.29 is 35.9 Å². The van der Waals surface area contributed by atoms with E-state index in [4.69, 9.17) is 0 Å². The molecule has 0 aromatic heterocycles. The summed E-state index contributed by atoms with van der Waals surface area (Å²) in [5, 5.41) is 0. The fourth-order valence-corrected chi connectivity index (χ4v) is 17.8. The average Bonchev–Trinajstić information content (AvgIpc) is 0.822. The molecule has 3 aromatic carbocycles.